The van der Waals surface area contributed by atoms with Gasteiger partial charge >= 0.3 is 0 Å². The fraction of sp³-hybridized carbons (Fsp3) is 0.0526. The monoisotopic (exact) mass is 433 g/mol. The van der Waals surface area contributed by atoms with Gasteiger partial charge in [0, 0.05) is 16.0 Å². The van der Waals surface area contributed by atoms with Gasteiger partial charge in [0.2, 0.25) is 0 Å². The highest BCUT2D eigenvalue weighted by Gasteiger charge is 2.32. The number of amides is 1. The van der Waals surface area contributed by atoms with E-state index in [1.807, 2.05) is 42.5 Å². The second-order valence-electron chi connectivity index (χ2n) is 5.56. The van der Waals surface area contributed by atoms with Gasteiger partial charge in [0.1, 0.15) is 15.8 Å². The summed E-state index contributed by atoms with van der Waals surface area (Å²) in [5, 5.41) is 1.42. The van der Waals surface area contributed by atoms with E-state index in [4.69, 9.17) is 32.7 Å². The predicted octanol–water partition coefficient (Wildman–Crippen LogP) is 6.08. The average Bonchev–Trinajstić information content (AvgIpc) is 3.37. The van der Waals surface area contributed by atoms with Crippen molar-refractivity contribution in [1.29, 1.82) is 0 Å². The van der Waals surface area contributed by atoms with E-state index in [0.29, 0.717) is 32.3 Å². The summed E-state index contributed by atoms with van der Waals surface area (Å²) in [6.45, 7) is 0.324. The van der Waals surface area contributed by atoms with Crippen LogP contribution in [0.2, 0.25) is 5.02 Å². The zero-order valence-electron chi connectivity index (χ0n) is 13.8. The summed E-state index contributed by atoms with van der Waals surface area (Å²) in [6.07, 6.45) is 3.29. The Hall–Kier alpha value is -1.93. The van der Waals surface area contributed by atoms with Crippen LogP contribution < -0.4 is 0 Å². The topological polar surface area (TPSA) is 46.6 Å². The predicted molar refractivity (Wildman–Crippen MR) is 112 cm³/mol. The van der Waals surface area contributed by atoms with E-state index in [2.05, 4.69) is 0 Å². The molecule has 27 heavy (non-hydrogen) atoms. The van der Waals surface area contributed by atoms with Gasteiger partial charge in [-0.15, -0.1) is 0 Å². The summed E-state index contributed by atoms with van der Waals surface area (Å²) in [5.41, 5.74) is 0. The van der Waals surface area contributed by atoms with Crippen molar-refractivity contribution in [1.82, 2.24) is 4.90 Å². The number of hydrogen-bond acceptors (Lipinski definition) is 6. The van der Waals surface area contributed by atoms with E-state index in [1.165, 1.54) is 28.4 Å². The maximum absolute atomic E-state index is 12.6. The van der Waals surface area contributed by atoms with Crippen LogP contribution in [0.25, 0.3) is 6.08 Å². The van der Waals surface area contributed by atoms with Crippen molar-refractivity contribution >= 4 is 63.6 Å². The van der Waals surface area contributed by atoms with Crippen LogP contribution in [0, 0.1) is 0 Å². The molecule has 0 spiro atoms. The molecule has 0 N–H and O–H groups in total. The molecular formula is C19H12ClNO3S3. The summed E-state index contributed by atoms with van der Waals surface area (Å²) in [4.78, 5) is 15.7. The maximum Gasteiger partial charge on any atom is 0.266 e. The molecule has 0 saturated carbocycles. The smallest absolute Gasteiger partial charge is 0.266 e. The van der Waals surface area contributed by atoms with Gasteiger partial charge in [-0.25, -0.2) is 0 Å². The Balaban J connectivity index is 1.47. The highest BCUT2D eigenvalue weighted by Crippen LogP contribution is 2.35. The molecule has 4 nitrogen and oxygen atoms in total. The van der Waals surface area contributed by atoms with Crippen LogP contribution in [0.4, 0.5) is 0 Å². The molecule has 8 heteroatoms. The van der Waals surface area contributed by atoms with Gasteiger partial charge in [-0.05, 0) is 48.5 Å². The van der Waals surface area contributed by atoms with Crippen LogP contribution in [0.3, 0.4) is 0 Å². The molecule has 136 valence electrons. The lowest BCUT2D eigenvalue weighted by atomic mass is 10.3. The Kier molecular flexibility index (Phi) is 5.45. The minimum Gasteiger partial charge on any atom is -0.467 e. The standard InChI is InChI=1S/C19H12ClNO3S3/c20-12-3-6-15(7-4-12)26-17-8-5-13(24-17)10-16-18(22)21(19(25)27-16)11-14-2-1-9-23-14/h1-10H,11H2/b16-10-. The van der Waals surface area contributed by atoms with Crippen LogP contribution in [0.5, 0.6) is 0 Å². The van der Waals surface area contributed by atoms with Crippen molar-refractivity contribution in [3.8, 4) is 0 Å². The van der Waals surface area contributed by atoms with E-state index in [0.717, 1.165) is 9.99 Å². The van der Waals surface area contributed by atoms with Crippen molar-refractivity contribution in [3.63, 3.8) is 0 Å². The highest BCUT2D eigenvalue weighted by molar-refractivity contribution is 8.26. The SMILES string of the molecule is O=C1/C(=C/c2ccc(Sc3ccc(Cl)cc3)o2)SC(=S)N1Cc1ccco1. The first kappa shape index (κ1) is 18.4. The van der Waals surface area contributed by atoms with Gasteiger partial charge in [0.05, 0.1) is 17.7 Å². The van der Waals surface area contributed by atoms with Crippen LogP contribution >= 0.6 is 47.3 Å². The molecule has 4 rings (SSSR count). The molecule has 1 saturated heterocycles. The summed E-state index contributed by atoms with van der Waals surface area (Å²) >= 11 is 14.0. The number of nitrogens with zero attached hydrogens (tertiary/aromatic N) is 1. The first-order valence-corrected chi connectivity index (χ1v) is 10.3. The van der Waals surface area contributed by atoms with Crippen molar-refractivity contribution < 1.29 is 13.6 Å². The molecule has 3 heterocycles. The molecule has 3 aromatic rings. The summed E-state index contributed by atoms with van der Waals surface area (Å²) < 4.78 is 11.6. The molecule has 1 aliphatic rings. The van der Waals surface area contributed by atoms with Crippen molar-refractivity contribution in [2.24, 2.45) is 0 Å². The van der Waals surface area contributed by atoms with Crippen LogP contribution in [-0.4, -0.2) is 15.1 Å². The number of carbonyl (C=O) groups excluding carboxylic acids is 1. The Morgan fingerprint density at radius 3 is 2.74 bits per heavy atom. The molecule has 0 unspecified atom stereocenters. The number of benzene rings is 1. The first-order chi connectivity index (χ1) is 13.1. The van der Waals surface area contributed by atoms with E-state index in [9.17, 15) is 4.79 Å². The Morgan fingerprint density at radius 2 is 2.00 bits per heavy atom. The minimum absolute atomic E-state index is 0.148. The molecule has 1 amide bonds. The molecular weight excluding hydrogens is 422 g/mol. The number of furan rings is 2. The van der Waals surface area contributed by atoms with Crippen molar-refractivity contribution in [3.05, 3.63) is 76.2 Å². The number of rotatable bonds is 5. The van der Waals surface area contributed by atoms with Crippen LogP contribution in [0.1, 0.15) is 11.5 Å². The third-order valence-corrected chi connectivity index (χ3v) is 6.23. The Labute approximate surface area is 174 Å². The van der Waals surface area contributed by atoms with Crippen LogP contribution in [-0.2, 0) is 11.3 Å². The Bertz CT molecular complexity index is 1010. The maximum atomic E-state index is 12.6. The van der Waals surface area contributed by atoms with Gasteiger partial charge in [0.15, 0.2) is 5.09 Å². The van der Waals surface area contributed by atoms with E-state index >= 15 is 0 Å². The Morgan fingerprint density at radius 1 is 1.19 bits per heavy atom. The van der Waals surface area contributed by atoms with Gasteiger partial charge in [-0.3, -0.25) is 9.69 Å². The van der Waals surface area contributed by atoms with E-state index in [-0.39, 0.29) is 5.91 Å². The van der Waals surface area contributed by atoms with Gasteiger partial charge < -0.3 is 8.83 Å². The fourth-order valence-corrected chi connectivity index (χ4v) is 4.55. The molecule has 2 aromatic heterocycles. The largest absolute Gasteiger partial charge is 0.467 e. The van der Waals surface area contributed by atoms with E-state index in [1.54, 1.807) is 18.4 Å². The number of carbonyl (C=O) groups is 1. The van der Waals surface area contributed by atoms with Gasteiger partial charge in [-0.1, -0.05) is 47.3 Å². The zero-order chi connectivity index (χ0) is 18.8. The molecule has 1 fully saturated rings. The highest BCUT2D eigenvalue weighted by atomic mass is 35.5. The van der Waals surface area contributed by atoms with Gasteiger partial charge in [0.25, 0.3) is 5.91 Å². The molecule has 0 bridgehead atoms. The number of thioether (sulfide) groups is 1. The minimum atomic E-state index is -0.148. The number of hydrogen-bond donors (Lipinski definition) is 0. The second-order valence-corrected chi connectivity index (χ2v) is 8.75. The third-order valence-electron chi connectivity index (χ3n) is 3.68. The molecule has 1 aliphatic heterocycles. The lowest BCUT2D eigenvalue weighted by Crippen LogP contribution is -2.27. The fourth-order valence-electron chi connectivity index (χ4n) is 2.41. The molecule has 0 radical (unpaired) electrons. The second kappa shape index (κ2) is 7.98. The quantitative estimate of drug-likeness (QED) is 0.359. The normalized spacial score (nSPS) is 15.9. The number of halogens is 1. The van der Waals surface area contributed by atoms with E-state index < -0.39 is 0 Å². The third kappa shape index (κ3) is 4.32. The number of thiocarbonyl (C=S) groups is 1. The van der Waals surface area contributed by atoms with Crippen molar-refractivity contribution in [2.45, 2.75) is 16.5 Å². The summed E-state index contributed by atoms with van der Waals surface area (Å²) in [5.74, 6) is 1.14. The lowest BCUT2D eigenvalue weighted by Gasteiger charge is -2.11. The lowest BCUT2D eigenvalue weighted by molar-refractivity contribution is -0.122. The van der Waals surface area contributed by atoms with Crippen molar-refractivity contribution in [2.75, 3.05) is 0 Å². The van der Waals surface area contributed by atoms with Gasteiger partial charge in [-0.2, -0.15) is 0 Å². The summed E-state index contributed by atoms with van der Waals surface area (Å²) in [7, 11) is 0. The average molecular weight is 434 g/mol. The summed E-state index contributed by atoms with van der Waals surface area (Å²) in [6, 6.07) is 14.8. The molecule has 0 atom stereocenters. The molecule has 0 aliphatic carbocycles. The zero-order valence-corrected chi connectivity index (χ0v) is 17.0. The van der Waals surface area contributed by atoms with Crippen LogP contribution in [0.15, 0.2) is 78.5 Å². The first-order valence-electron chi connectivity index (χ1n) is 7.89. The molecule has 1 aromatic carbocycles.